The number of hydrogen-bond acceptors (Lipinski definition) is 7. The van der Waals surface area contributed by atoms with Gasteiger partial charge >= 0.3 is 6.09 Å². The van der Waals surface area contributed by atoms with E-state index in [1.54, 1.807) is 21.4 Å². The van der Waals surface area contributed by atoms with Gasteiger partial charge in [0, 0.05) is 25.2 Å². The molecular formula is C28H33N7O5. The lowest BCUT2D eigenvalue weighted by Crippen LogP contribution is -2.26. The minimum Gasteiger partial charge on any atom is -0.494 e. The van der Waals surface area contributed by atoms with Crippen molar-refractivity contribution < 1.29 is 23.9 Å². The minimum absolute atomic E-state index is 0.168. The zero-order chi connectivity index (χ0) is 28.8. The van der Waals surface area contributed by atoms with Crippen molar-refractivity contribution >= 4 is 34.9 Å². The van der Waals surface area contributed by atoms with Crippen LogP contribution in [-0.4, -0.2) is 50.9 Å². The number of nitrogens with one attached hydrogen (secondary N) is 2. The SMILES string of the molecule is CCn1nc(C)cc1C(=O)Nc1nc2cc(C(N)=O)cc(OC)c2n1CCCNC(=O)OCc1ccc(C)cc1. The molecule has 40 heavy (non-hydrogen) atoms. The molecule has 4 rings (SSSR count). The van der Waals surface area contributed by atoms with E-state index in [9.17, 15) is 14.4 Å². The van der Waals surface area contributed by atoms with E-state index >= 15 is 0 Å². The summed E-state index contributed by atoms with van der Waals surface area (Å²) in [7, 11) is 1.48. The fourth-order valence-electron chi connectivity index (χ4n) is 4.29. The summed E-state index contributed by atoms with van der Waals surface area (Å²) < 4.78 is 14.2. The normalized spacial score (nSPS) is 10.9. The molecule has 0 aliphatic rings. The third-order valence-electron chi connectivity index (χ3n) is 6.29. The van der Waals surface area contributed by atoms with E-state index in [0.29, 0.717) is 54.2 Å². The van der Waals surface area contributed by atoms with Gasteiger partial charge in [0.25, 0.3) is 5.91 Å². The molecule has 4 aromatic rings. The number of primary amides is 1. The van der Waals surface area contributed by atoms with E-state index in [4.69, 9.17) is 15.2 Å². The lowest BCUT2D eigenvalue weighted by molar-refractivity contribution is 0.0995. The summed E-state index contributed by atoms with van der Waals surface area (Å²) in [5, 5.41) is 9.95. The molecule has 0 unspecified atom stereocenters. The van der Waals surface area contributed by atoms with Crippen molar-refractivity contribution in [3.8, 4) is 5.75 Å². The Morgan fingerprint density at radius 1 is 1.07 bits per heavy atom. The van der Waals surface area contributed by atoms with Gasteiger partial charge < -0.3 is 25.1 Å². The lowest BCUT2D eigenvalue weighted by atomic mass is 10.1. The number of carbonyl (C=O) groups is 3. The summed E-state index contributed by atoms with van der Waals surface area (Å²) in [4.78, 5) is 41.8. The number of nitrogens with two attached hydrogens (primary N) is 1. The van der Waals surface area contributed by atoms with Crippen LogP contribution in [0.25, 0.3) is 11.0 Å². The number of benzene rings is 2. The minimum atomic E-state index is -0.629. The average Bonchev–Trinajstić information content (AvgIpc) is 3.49. The van der Waals surface area contributed by atoms with Crippen molar-refractivity contribution in [2.75, 3.05) is 19.0 Å². The molecule has 2 heterocycles. The average molecular weight is 548 g/mol. The second kappa shape index (κ2) is 12.3. The van der Waals surface area contributed by atoms with Gasteiger partial charge in [0.15, 0.2) is 0 Å². The molecule has 4 N–H and O–H groups in total. The van der Waals surface area contributed by atoms with Crippen LogP contribution >= 0.6 is 0 Å². The van der Waals surface area contributed by atoms with Crippen LogP contribution in [0.15, 0.2) is 42.5 Å². The van der Waals surface area contributed by atoms with E-state index in [1.165, 1.54) is 13.2 Å². The summed E-state index contributed by atoms with van der Waals surface area (Å²) in [5.74, 6) is -0.385. The number of hydrogen-bond donors (Lipinski definition) is 3. The van der Waals surface area contributed by atoms with E-state index in [-0.39, 0.29) is 24.0 Å². The number of methoxy groups -OCH3 is 1. The van der Waals surface area contributed by atoms with Gasteiger partial charge in [-0.3, -0.25) is 19.6 Å². The first kappa shape index (κ1) is 28.1. The van der Waals surface area contributed by atoms with Crippen LogP contribution in [0.1, 0.15) is 51.0 Å². The third kappa shape index (κ3) is 6.40. The highest BCUT2D eigenvalue weighted by Gasteiger charge is 2.21. The number of aryl methyl sites for hydroxylation is 4. The van der Waals surface area contributed by atoms with Crippen LogP contribution in [0.2, 0.25) is 0 Å². The number of carbonyl (C=O) groups excluding carboxylic acids is 3. The van der Waals surface area contributed by atoms with Crippen molar-refractivity contribution in [1.82, 2.24) is 24.6 Å². The molecule has 0 radical (unpaired) electrons. The lowest BCUT2D eigenvalue weighted by Gasteiger charge is -2.13. The van der Waals surface area contributed by atoms with Crippen LogP contribution < -0.4 is 21.1 Å². The largest absolute Gasteiger partial charge is 0.494 e. The van der Waals surface area contributed by atoms with Crippen molar-refractivity contribution in [1.29, 1.82) is 0 Å². The standard InChI is InChI=1S/C28H33N7O5/c1-5-35-22(13-18(3)33-35)26(37)32-27-31-21-14-20(25(29)36)15-23(39-4)24(21)34(27)12-6-11-30-28(38)40-16-19-9-7-17(2)8-10-19/h7-10,13-15H,5-6,11-12,16H2,1-4H3,(H2,29,36)(H,30,38)(H,31,32,37). The van der Waals surface area contributed by atoms with Gasteiger partial charge in [-0.2, -0.15) is 5.10 Å². The number of imidazole rings is 1. The highest BCUT2D eigenvalue weighted by Crippen LogP contribution is 2.31. The van der Waals surface area contributed by atoms with E-state index in [2.05, 4.69) is 20.7 Å². The molecule has 12 heteroatoms. The molecule has 0 fully saturated rings. The van der Waals surface area contributed by atoms with Gasteiger partial charge in [-0.15, -0.1) is 0 Å². The topological polar surface area (TPSA) is 155 Å². The van der Waals surface area contributed by atoms with E-state index in [0.717, 1.165) is 11.1 Å². The smallest absolute Gasteiger partial charge is 0.407 e. The number of rotatable bonds is 11. The summed E-state index contributed by atoms with van der Waals surface area (Å²) in [6.07, 6.45) is -0.0443. The highest BCUT2D eigenvalue weighted by atomic mass is 16.5. The highest BCUT2D eigenvalue weighted by molar-refractivity contribution is 6.04. The molecule has 0 aliphatic carbocycles. The van der Waals surface area contributed by atoms with Crippen molar-refractivity contribution in [2.45, 2.75) is 46.9 Å². The summed E-state index contributed by atoms with van der Waals surface area (Å²) in [6, 6.07) is 12.5. The molecule has 3 amide bonds. The second-order valence-electron chi connectivity index (χ2n) is 9.28. The Morgan fingerprint density at radius 2 is 1.82 bits per heavy atom. The van der Waals surface area contributed by atoms with Crippen LogP contribution in [0.5, 0.6) is 5.75 Å². The molecule has 0 saturated carbocycles. The molecule has 12 nitrogen and oxygen atoms in total. The van der Waals surface area contributed by atoms with Crippen LogP contribution in [0.4, 0.5) is 10.7 Å². The molecule has 210 valence electrons. The van der Waals surface area contributed by atoms with Gasteiger partial charge in [0.2, 0.25) is 11.9 Å². The molecule has 0 saturated heterocycles. The van der Waals surface area contributed by atoms with Crippen LogP contribution in [-0.2, 0) is 24.4 Å². The van der Waals surface area contributed by atoms with Crippen molar-refractivity contribution in [3.05, 3.63) is 70.5 Å². The van der Waals surface area contributed by atoms with Gasteiger partial charge in [-0.05, 0) is 51.0 Å². The molecule has 0 aliphatic heterocycles. The predicted octanol–water partition coefficient (Wildman–Crippen LogP) is 3.55. The van der Waals surface area contributed by atoms with Crippen molar-refractivity contribution in [2.24, 2.45) is 5.73 Å². The number of aromatic nitrogens is 4. The first-order chi connectivity index (χ1) is 19.2. The van der Waals surface area contributed by atoms with E-state index in [1.807, 2.05) is 45.0 Å². The first-order valence-corrected chi connectivity index (χ1v) is 12.9. The van der Waals surface area contributed by atoms with Gasteiger partial charge in [-0.25, -0.2) is 9.78 Å². The number of nitrogens with zero attached hydrogens (tertiary/aromatic N) is 4. The molecule has 0 atom stereocenters. The zero-order valence-corrected chi connectivity index (χ0v) is 23.0. The molecule has 0 spiro atoms. The molecule has 2 aromatic carbocycles. The monoisotopic (exact) mass is 547 g/mol. The van der Waals surface area contributed by atoms with Crippen molar-refractivity contribution in [3.63, 3.8) is 0 Å². The maximum atomic E-state index is 13.2. The number of amides is 3. The third-order valence-corrected chi connectivity index (χ3v) is 6.29. The van der Waals surface area contributed by atoms with E-state index < -0.39 is 12.0 Å². The van der Waals surface area contributed by atoms with Gasteiger partial charge in [0.05, 0.1) is 18.3 Å². The predicted molar refractivity (Wildman–Crippen MR) is 149 cm³/mol. The fourth-order valence-corrected chi connectivity index (χ4v) is 4.29. The summed E-state index contributed by atoms with van der Waals surface area (Å²) >= 11 is 0. The van der Waals surface area contributed by atoms with Crippen LogP contribution in [0.3, 0.4) is 0 Å². The Morgan fingerprint density at radius 3 is 2.50 bits per heavy atom. The number of fused-ring (bicyclic) bond motifs is 1. The Balaban J connectivity index is 1.51. The van der Waals surface area contributed by atoms with Gasteiger partial charge in [0.1, 0.15) is 23.6 Å². The second-order valence-corrected chi connectivity index (χ2v) is 9.28. The summed E-state index contributed by atoms with van der Waals surface area (Å²) in [6.45, 7) is 7.06. The maximum Gasteiger partial charge on any atom is 0.407 e. The number of ether oxygens (including phenoxy) is 2. The molecular weight excluding hydrogens is 514 g/mol. The van der Waals surface area contributed by atoms with Gasteiger partial charge in [-0.1, -0.05) is 29.8 Å². The zero-order valence-electron chi connectivity index (χ0n) is 23.0. The Kier molecular flexibility index (Phi) is 8.67. The quantitative estimate of drug-likeness (QED) is 0.243. The summed E-state index contributed by atoms with van der Waals surface area (Å²) in [5.41, 5.74) is 9.86. The van der Waals surface area contributed by atoms with Crippen LogP contribution in [0, 0.1) is 13.8 Å². The molecule has 0 bridgehead atoms. The maximum absolute atomic E-state index is 13.2. The molecule has 2 aromatic heterocycles. The Labute approximate surface area is 231 Å². The number of anilines is 1. The first-order valence-electron chi connectivity index (χ1n) is 12.9. The Bertz CT molecular complexity index is 1540. The number of alkyl carbamates (subject to hydrolysis) is 1. The Hall–Kier alpha value is -4.87. The fraction of sp³-hybridized carbons (Fsp3) is 0.321.